The largest absolute Gasteiger partial charge is 0.271 e. The van der Waals surface area contributed by atoms with Crippen molar-refractivity contribution in [1.82, 2.24) is 5.43 Å². The van der Waals surface area contributed by atoms with Crippen LogP contribution in [0.2, 0.25) is 0 Å². The van der Waals surface area contributed by atoms with E-state index >= 15 is 0 Å². The van der Waals surface area contributed by atoms with Gasteiger partial charge in [0.05, 0.1) is 6.04 Å². The number of nitrogens with two attached hydrogens (primary N) is 1. The van der Waals surface area contributed by atoms with Gasteiger partial charge in [-0.05, 0) is 49.8 Å². The van der Waals surface area contributed by atoms with Gasteiger partial charge in [0.2, 0.25) is 0 Å². The second kappa shape index (κ2) is 5.80. The highest BCUT2D eigenvalue weighted by Gasteiger charge is 2.17. The summed E-state index contributed by atoms with van der Waals surface area (Å²) in [6.07, 6.45) is 7.26. The fourth-order valence-corrected chi connectivity index (χ4v) is 2.64. The summed E-state index contributed by atoms with van der Waals surface area (Å²) in [6, 6.07) is 6.60. The summed E-state index contributed by atoms with van der Waals surface area (Å²) in [4.78, 5) is 0. The van der Waals surface area contributed by atoms with E-state index in [2.05, 4.69) is 52.6 Å². The molecular weight excluding hydrogens is 276 g/mol. The lowest BCUT2D eigenvalue weighted by Crippen LogP contribution is -2.30. The Balaban J connectivity index is 2.28. The fraction of sp³-hybridized carbons (Fsp3) is 0.429. The van der Waals surface area contributed by atoms with Crippen molar-refractivity contribution in [3.8, 4) is 0 Å². The first kappa shape index (κ1) is 12.8. The second-order valence-corrected chi connectivity index (χ2v) is 5.49. The van der Waals surface area contributed by atoms with Crippen LogP contribution >= 0.6 is 15.9 Å². The molecule has 0 saturated carbocycles. The molecule has 0 radical (unpaired) electrons. The predicted molar refractivity (Wildman–Crippen MR) is 75.5 cm³/mol. The van der Waals surface area contributed by atoms with Crippen LogP contribution in [0.1, 0.15) is 42.9 Å². The van der Waals surface area contributed by atoms with Gasteiger partial charge < -0.3 is 0 Å². The van der Waals surface area contributed by atoms with Crippen molar-refractivity contribution in [2.24, 2.45) is 5.84 Å². The van der Waals surface area contributed by atoms with Crippen molar-refractivity contribution >= 4 is 15.9 Å². The van der Waals surface area contributed by atoms with Crippen LogP contribution in [0.15, 0.2) is 34.3 Å². The molecule has 0 fully saturated rings. The lowest BCUT2D eigenvalue weighted by Gasteiger charge is -2.23. The number of allylic oxidation sites excluding steroid dienone is 1. The Kier molecular flexibility index (Phi) is 4.37. The van der Waals surface area contributed by atoms with Gasteiger partial charge in [0.15, 0.2) is 0 Å². The summed E-state index contributed by atoms with van der Waals surface area (Å²) in [5, 5.41) is 0. The van der Waals surface area contributed by atoms with Crippen LogP contribution in [0.3, 0.4) is 0 Å². The molecule has 2 nitrogen and oxygen atoms in total. The third kappa shape index (κ3) is 2.97. The van der Waals surface area contributed by atoms with Gasteiger partial charge in [-0.15, -0.1) is 0 Å². The maximum atomic E-state index is 5.72. The Hall–Kier alpha value is -0.640. The van der Waals surface area contributed by atoms with Crippen molar-refractivity contribution in [2.45, 2.75) is 38.6 Å². The highest BCUT2D eigenvalue weighted by atomic mass is 79.9. The monoisotopic (exact) mass is 294 g/mol. The third-order valence-corrected chi connectivity index (χ3v) is 4.27. The van der Waals surface area contributed by atoms with Gasteiger partial charge in [-0.3, -0.25) is 5.84 Å². The molecule has 0 heterocycles. The van der Waals surface area contributed by atoms with Gasteiger partial charge in [0.1, 0.15) is 0 Å². The Bertz CT molecular complexity index is 426. The highest BCUT2D eigenvalue weighted by molar-refractivity contribution is 9.10. The Morgan fingerprint density at radius 3 is 2.76 bits per heavy atom. The minimum absolute atomic E-state index is 0.169. The van der Waals surface area contributed by atoms with Gasteiger partial charge in [-0.1, -0.05) is 39.7 Å². The zero-order chi connectivity index (χ0) is 12.3. The van der Waals surface area contributed by atoms with E-state index in [0.29, 0.717) is 0 Å². The number of hydrazine groups is 1. The number of hydrogen-bond donors (Lipinski definition) is 2. The number of halogens is 1. The first-order valence-corrected chi connectivity index (χ1v) is 6.93. The zero-order valence-corrected chi connectivity index (χ0v) is 11.8. The van der Waals surface area contributed by atoms with E-state index < -0.39 is 0 Å². The maximum Gasteiger partial charge on any atom is 0.0670 e. The summed E-state index contributed by atoms with van der Waals surface area (Å²) < 4.78 is 1.15. The normalized spacial score (nSPS) is 17.7. The molecule has 1 aromatic rings. The van der Waals surface area contributed by atoms with Crippen molar-refractivity contribution in [2.75, 3.05) is 0 Å². The summed E-state index contributed by atoms with van der Waals surface area (Å²) in [5.74, 6) is 5.72. The Labute approximate surface area is 111 Å². The topological polar surface area (TPSA) is 38.0 Å². The van der Waals surface area contributed by atoms with Crippen molar-refractivity contribution in [3.63, 3.8) is 0 Å². The van der Waals surface area contributed by atoms with E-state index in [-0.39, 0.29) is 6.04 Å². The van der Waals surface area contributed by atoms with Gasteiger partial charge in [-0.2, -0.15) is 0 Å². The van der Waals surface area contributed by atoms with E-state index in [1.54, 1.807) is 0 Å². The average molecular weight is 295 g/mol. The number of benzene rings is 1. The summed E-state index contributed by atoms with van der Waals surface area (Å²) in [6.45, 7) is 2.11. The molecule has 3 heteroatoms. The third-order valence-electron chi connectivity index (χ3n) is 3.38. The molecule has 0 aliphatic heterocycles. The molecule has 3 N–H and O–H groups in total. The molecule has 1 aromatic carbocycles. The van der Waals surface area contributed by atoms with Gasteiger partial charge >= 0.3 is 0 Å². The molecular formula is C14H19BrN2. The van der Waals surface area contributed by atoms with E-state index in [9.17, 15) is 0 Å². The van der Waals surface area contributed by atoms with Crippen molar-refractivity contribution < 1.29 is 0 Å². The maximum absolute atomic E-state index is 5.72. The molecule has 0 amide bonds. The van der Waals surface area contributed by atoms with Crippen LogP contribution in [-0.2, 0) is 0 Å². The van der Waals surface area contributed by atoms with Crippen LogP contribution in [0.4, 0.5) is 0 Å². The lowest BCUT2D eigenvalue weighted by molar-refractivity contribution is 0.565. The van der Waals surface area contributed by atoms with Crippen LogP contribution in [0.25, 0.3) is 0 Å². The van der Waals surface area contributed by atoms with Crippen LogP contribution < -0.4 is 11.3 Å². The van der Waals surface area contributed by atoms with Crippen molar-refractivity contribution in [3.05, 3.63) is 45.4 Å². The second-order valence-electron chi connectivity index (χ2n) is 4.63. The van der Waals surface area contributed by atoms with E-state index in [4.69, 9.17) is 5.84 Å². The quantitative estimate of drug-likeness (QED) is 0.506. The number of hydrogen-bond acceptors (Lipinski definition) is 2. The zero-order valence-electron chi connectivity index (χ0n) is 10.2. The molecule has 0 aromatic heterocycles. The number of aryl methyl sites for hydroxylation is 1. The molecule has 2 rings (SSSR count). The molecule has 1 aliphatic rings. The summed E-state index contributed by atoms with van der Waals surface area (Å²) in [5.41, 5.74) is 6.88. The first-order chi connectivity index (χ1) is 8.22. The van der Waals surface area contributed by atoms with E-state index in [1.165, 1.54) is 36.0 Å². The fourth-order valence-electron chi connectivity index (χ4n) is 2.39. The van der Waals surface area contributed by atoms with E-state index in [1.807, 2.05) is 0 Å². The van der Waals surface area contributed by atoms with Gasteiger partial charge in [-0.25, -0.2) is 5.43 Å². The number of rotatable bonds is 3. The van der Waals surface area contributed by atoms with Crippen molar-refractivity contribution in [1.29, 1.82) is 0 Å². The Morgan fingerprint density at radius 2 is 2.18 bits per heavy atom. The predicted octanol–water partition coefficient (Wildman–Crippen LogP) is 3.76. The highest BCUT2D eigenvalue weighted by Crippen LogP contribution is 2.30. The Morgan fingerprint density at radius 1 is 1.35 bits per heavy atom. The molecule has 0 spiro atoms. The number of nitrogens with one attached hydrogen (secondary N) is 1. The standard InChI is InChI=1S/C14H19BrN2/c1-10-9-12(7-8-13(10)15)14(17-16)11-5-3-2-4-6-11/h5,7-9,14,17H,2-4,6,16H2,1H3. The van der Waals surface area contributed by atoms with Gasteiger partial charge in [0.25, 0.3) is 0 Å². The minimum Gasteiger partial charge on any atom is -0.271 e. The van der Waals surface area contributed by atoms with Crippen LogP contribution in [0.5, 0.6) is 0 Å². The van der Waals surface area contributed by atoms with E-state index in [0.717, 1.165) is 10.9 Å². The molecule has 92 valence electrons. The van der Waals surface area contributed by atoms with Gasteiger partial charge in [0, 0.05) is 4.47 Å². The smallest absolute Gasteiger partial charge is 0.0670 e. The minimum atomic E-state index is 0.169. The molecule has 1 aliphatic carbocycles. The summed E-state index contributed by atoms with van der Waals surface area (Å²) >= 11 is 3.53. The molecule has 1 unspecified atom stereocenters. The first-order valence-electron chi connectivity index (χ1n) is 6.13. The molecule has 1 atom stereocenters. The molecule has 0 bridgehead atoms. The summed E-state index contributed by atoms with van der Waals surface area (Å²) in [7, 11) is 0. The molecule has 0 saturated heterocycles. The van der Waals surface area contributed by atoms with Crippen LogP contribution in [0, 0.1) is 6.92 Å². The average Bonchev–Trinajstić information content (AvgIpc) is 2.36. The van der Waals surface area contributed by atoms with Crippen LogP contribution in [-0.4, -0.2) is 0 Å². The molecule has 17 heavy (non-hydrogen) atoms. The SMILES string of the molecule is Cc1cc(C(NN)C2=CCCCC2)ccc1Br. The lowest BCUT2D eigenvalue weighted by atomic mass is 9.90.